The van der Waals surface area contributed by atoms with Gasteiger partial charge < -0.3 is 14.2 Å². The van der Waals surface area contributed by atoms with Crippen LogP contribution in [0.2, 0.25) is 0 Å². The summed E-state index contributed by atoms with van der Waals surface area (Å²) in [5.74, 6) is 0.426. The molecule has 1 aromatic carbocycles. The first-order valence-corrected chi connectivity index (χ1v) is 10.4. The van der Waals surface area contributed by atoms with Crippen LogP contribution in [-0.2, 0) is 10.9 Å². The van der Waals surface area contributed by atoms with Gasteiger partial charge in [-0.25, -0.2) is 0 Å². The van der Waals surface area contributed by atoms with Crippen molar-refractivity contribution >= 4 is 28.2 Å². The fourth-order valence-corrected chi connectivity index (χ4v) is 4.75. The van der Waals surface area contributed by atoms with E-state index >= 15 is 0 Å². The van der Waals surface area contributed by atoms with Gasteiger partial charge in [0.1, 0.15) is 0 Å². The molecule has 4 rings (SSSR count). The van der Waals surface area contributed by atoms with Crippen LogP contribution in [0.25, 0.3) is 11.4 Å². The molecule has 0 N–H and O–H groups in total. The van der Waals surface area contributed by atoms with E-state index in [1.54, 1.807) is 0 Å². The highest BCUT2D eigenvalue weighted by molar-refractivity contribution is 8.01. The molecule has 1 atom stereocenters. The Hall–Kier alpha value is -2.18. The average molecular weight is 443 g/mol. The summed E-state index contributed by atoms with van der Waals surface area (Å²) in [5, 5.41) is 12.8. The molecule has 154 valence electrons. The molecule has 0 saturated carbocycles. The molecule has 12 heteroatoms. The van der Waals surface area contributed by atoms with Crippen LogP contribution >= 0.6 is 23.1 Å². The molecule has 3 heterocycles. The van der Waals surface area contributed by atoms with E-state index in [2.05, 4.69) is 25.2 Å². The lowest BCUT2D eigenvalue weighted by atomic mass is 10.1. The van der Waals surface area contributed by atoms with Gasteiger partial charge in [0.05, 0.1) is 24.0 Å². The van der Waals surface area contributed by atoms with E-state index in [0.717, 1.165) is 34.7 Å². The van der Waals surface area contributed by atoms with Gasteiger partial charge in [-0.15, -0.1) is 10.2 Å². The largest absolute Gasteiger partial charge is 0.416 e. The van der Waals surface area contributed by atoms with Gasteiger partial charge in [0.2, 0.25) is 16.8 Å². The molecule has 29 heavy (non-hydrogen) atoms. The number of ether oxygens (including phenoxy) is 1. The highest BCUT2D eigenvalue weighted by Gasteiger charge is 2.31. The summed E-state index contributed by atoms with van der Waals surface area (Å²) in [6, 6.07) is 4.85. The lowest BCUT2D eigenvalue weighted by Crippen LogP contribution is -2.36. The second-order valence-corrected chi connectivity index (χ2v) is 8.79. The number of alkyl halides is 3. The number of benzene rings is 1. The van der Waals surface area contributed by atoms with Gasteiger partial charge in [0.15, 0.2) is 4.34 Å². The van der Waals surface area contributed by atoms with Crippen molar-refractivity contribution in [3.63, 3.8) is 0 Å². The number of morpholine rings is 1. The molecule has 7 nitrogen and oxygen atoms in total. The Balaban J connectivity index is 1.45. The fraction of sp³-hybridized carbons (Fsp3) is 0.412. The first-order valence-electron chi connectivity index (χ1n) is 8.74. The predicted molar refractivity (Wildman–Crippen MR) is 102 cm³/mol. The maximum absolute atomic E-state index is 12.9. The summed E-state index contributed by atoms with van der Waals surface area (Å²) in [6.45, 7) is 4.75. The molecule has 0 radical (unpaired) electrons. The first-order chi connectivity index (χ1) is 13.9. The molecular weight excluding hydrogens is 427 g/mol. The number of aromatic nitrogens is 4. The van der Waals surface area contributed by atoms with E-state index in [1.807, 2.05) is 6.92 Å². The summed E-state index contributed by atoms with van der Waals surface area (Å²) < 4.78 is 50.1. The molecule has 0 bridgehead atoms. The average Bonchev–Trinajstić information content (AvgIpc) is 3.38. The fourth-order valence-electron chi connectivity index (χ4n) is 2.69. The van der Waals surface area contributed by atoms with Crippen molar-refractivity contribution in [2.75, 3.05) is 31.2 Å². The molecule has 0 spiro atoms. The third-order valence-electron chi connectivity index (χ3n) is 4.19. The predicted octanol–water partition coefficient (Wildman–Crippen LogP) is 4.30. The van der Waals surface area contributed by atoms with Crippen molar-refractivity contribution in [2.24, 2.45) is 0 Å². The summed E-state index contributed by atoms with van der Waals surface area (Å²) >= 11 is 2.87. The van der Waals surface area contributed by atoms with Crippen molar-refractivity contribution in [3.8, 4) is 11.4 Å². The molecule has 3 aromatic rings. The van der Waals surface area contributed by atoms with Crippen molar-refractivity contribution in [1.82, 2.24) is 20.3 Å². The summed E-state index contributed by atoms with van der Waals surface area (Å²) in [5.41, 5.74) is -0.509. The minimum absolute atomic E-state index is 0.116. The Labute approximate surface area is 172 Å². The van der Waals surface area contributed by atoms with E-state index in [1.165, 1.54) is 35.2 Å². The molecule has 1 saturated heterocycles. The van der Waals surface area contributed by atoms with Gasteiger partial charge in [-0.3, -0.25) is 0 Å². The highest BCUT2D eigenvalue weighted by atomic mass is 32.2. The second kappa shape index (κ2) is 8.28. The normalized spacial score (nSPS) is 16.2. The van der Waals surface area contributed by atoms with Gasteiger partial charge in [-0.1, -0.05) is 40.4 Å². The Morgan fingerprint density at radius 1 is 1.21 bits per heavy atom. The van der Waals surface area contributed by atoms with E-state index < -0.39 is 11.7 Å². The SMILES string of the molecule is CC(Sc1nnc(N2CCOCC2)s1)c1nc(-c2cccc(C(F)(F)F)c2)no1. The van der Waals surface area contributed by atoms with Crippen LogP contribution in [0.4, 0.5) is 18.3 Å². The quantitative estimate of drug-likeness (QED) is 0.541. The summed E-state index contributed by atoms with van der Waals surface area (Å²) in [7, 11) is 0. The number of rotatable bonds is 5. The topological polar surface area (TPSA) is 77.2 Å². The molecule has 1 fully saturated rings. The lowest BCUT2D eigenvalue weighted by Gasteiger charge is -2.25. The molecule has 1 aliphatic rings. The van der Waals surface area contributed by atoms with Crippen molar-refractivity contribution in [2.45, 2.75) is 22.7 Å². The molecule has 2 aromatic heterocycles. The van der Waals surface area contributed by atoms with E-state index in [-0.39, 0.29) is 16.6 Å². The Bertz CT molecular complexity index is 972. The van der Waals surface area contributed by atoms with Crippen LogP contribution in [0, 0.1) is 0 Å². The van der Waals surface area contributed by atoms with Crippen molar-refractivity contribution < 1.29 is 22.4 Å². The van der Waals surface area contributed by atoms with Gasteiger partial charge in [0, 0.05) is 18.7 Å². The zero-order valence-corrected chi connectivity index (χ0v) is 16.9. The number of hydrogen-bond donors (Lipinski definition) is 0. The van der Waals surface area contributed by atoms with Gasteiger partial charge >= 0.3 is 6.18 Å². The standard InChI is InChI=1S/C17H16F3N5O2S2/c1-10(28-16-23-22-15(29-16)25-5-7-26-8-6-25)14-21-13(24-27-14)11-3-2-4-12(9-11)17(18,19)20/h2-4,9-10H,5-8H2,1H3. The van der Waals surface area contributed by atoms with Gasteiger partial charge in [-0.05, 0) is 19.1 Å². The minimum Gasteiger partial charge on any atom is -0.378 e. The number of thioether (sulfide) groups is 1. The van der Waals surface area contributed by atoms with Crippen LogP contribution in [-0.4, -0.2) is 46.6 Å². The summed E-state index contributed by atoms with van der Waals surface area (Å²) in [4.78, 5) is 6.38. The third-order valence-corrected chi connectivity index (χ3v) is 6.35. The van der Waals surface area contributed by atoms with Gasteiger partial charge in [-0.2, -0.15) is 18.2 Å². The van der Waals surface area contributed by atoms with Crippen LogP contribution in [0.1, 0.15) is 23.6 Å². The highest BCUT2D eigenvalue weighted by Crippen LogP contribution is 2.38. The van der Waals surface area contributed by atoms with E-state index in [4.69, 9.17) is 9.26 Å². The number of hydrogen-bond acceptors (Lipinski definition) is 9. The van der Waals surface area contributed by atoms with Crippen molar-refractivity contribution in [3.05, 3.63) is 35.7 Å². The Morgan fingerprint density at radius 2 is 2.00 bits per heavy atom. The second-order valence-electron chi connectivity index (χ2n) is 6.24. The molecular formula is C17H16F3N5O2S2. The summed E-state index contributed by atoms with van der Waals surface area (Å²) in [6.07, 6.45) is -4.43. The number of halogens is 3. The zero-order chi connectivity index (χ0) is 20.4. The Kier molecular flexibility index (Phi) is 5.74. The lowest BCUT2D eigenvalue weighted by molar-refractivity contribution is -0.137. The molecule has 1 aliphatic heterocycles. The number of anilines is 1. The smallest absolute Gasteiger partial charge is 0.378 e. The number of nitrogens with zero attached hydrogens (tertiary/aromatic N) is 5. The minimum atomic E-state index is -4.43. The molecule has 0 aliphatic carbocycles. The monoisotopic (exact) mass is 443 g/mol. The van der Waals surface area contributed by atoms with E-state index in [0.29, 0.717) is 19.1 Å². The maximum Gasteiger partial charge on any atom is 0.416 e. The molecule has 0 amide bonds. The Morgan fingerprint density at radius 3 is 2.76 bits per heavy atom. The van der Waals surface area contributed by atoms with Crippen LogP contribution in [0.5, 0.6) is 0 Å². The van der Waals surface area contributed by atoms with Crippen LogP contribution in [0.15, 0.2) is 33.1 Å². The van der Waals surface area contributed by atoms with Crippen LogP contribution in [0.3, 0.4) is 0 Å². The first kappa shape index (κ1) is 20.1. The third kappa shape index (κ3) is 4.70. The van der Waals surface area contributed by atoms with E-state index in [9.17, 15) is 13.2 Å². The molecule has 1 unspecified atom stereocenters. The maximum atomic E-state index is 12.9. The van der Waals surface area contributed by atoms with Gasteiger partial charge in [0.25, 0.3) is 0 Å². The van der Waals surface area contributed by atoms with Crippen molar-refractivity contribution in [1.29, 1.82) is 0 Å². The van der Waals surface area contributed by atoms with Crippen LogP contribution < -0.4 is 4.90 Å². The zero-order valence-electron chi connectivity index (χ0n) is 15.2.